The molecule has 2 aromatic rings. The van der Waals surface area contributed by atoms with E-state index in [1.54, 1.807) is 11.8 Å². The second-order valence-electron chi connectivity index (χ2n) is 4.08. The molecule has 2 heterocycles. The van der Waals surface area contributed by atoms with E-state index in [1.807, 2.05) is 16.9 Å². The van der Waals surface area contributed by atoms with Gasteiger partial charge in [0.05, 0.1) is 11.4 Å². The van der Waals surface area contributed by atoms with E-state index < -0.39 is 0 Å². The Morgan fingerprint density at radius 3 is 3.00 bits per heavy atom. The van der Waals surface area contributed by atoms with Gasteiger partial charge in [-0.1, -0.05) is 13.0 Å². The Bertz CT molecular complexity index is 497. The van der Waals surface area contributed by atoms with E-state index >= 15 is 0 Å². The number of hydrogen-bond acceptors (Lipinski definition) is 5. The van der Waals surface area contributed by atoms with Gasteiger partial charge in [-0.2, -0.15) is 0 Å². The summed E-state index contributed by atoms with van der Waals surface area (Å²) in [5, 5.41) is 11.7. The molecule has 0 radical (unpaired) electrons. The summed E-state index contributed by atoms with van der Waals surface area (Å²) < 4.78 is 1.87. The molecular formula is C12H17N5S. The van der Waals surface area contributed by atoms with Crippen molar-refractivity contribution in [3.63, 3.8) is 0 Å². The second-order valence-corrected chi connectivity index (χ2v) is 5.06. The number of thioether (sulfide) groups is 1. The highest BCUT2D eigenvalue weighted by Gasteiger charge is 2.06. The highest BCUT2D eigenvalue weighted by molar-refractivity contribution is 7.97. The lowest BCUT2D eigenvalue weighted by Gasteiger charge is -2.04. The predicted molar refractivity (Wildman–Crippen MR) is 72.1 cm³/mol. The molecule has 6 heteroatoms. The lowest BCUT2D eigenvalue weighted by Crippen LogP contribution is -2.04. The highest BCUT2D eigenvalue weighted by Crippen LogP contribution is 2.17. The minimum atomic E-state index is 0.822. The van der Waals surface area contributed by atoms with E-state index in [2.05, 4.69) is 40.4 Å². The SMILES string of the molecule is CCCn1nnnc1CSCc1ncccc1C. The van der Waals surface area contributed by atoms with Gasteiger partial charge < -0.3 is 0 Å². The number of nitrogens with zero attached hydrogens (tertiary/aromatic N) is 5. The molecular weight excluding hydrogens is 246 g/mol. The Morgan fingerprint density at radius 1 is 1.33 bits per heavy atom. The second kappa shape index (κ2) is 6.49. The summed E-state index contributed by atoms with van der Waals surface area (Å²) in [7, 11) is 0. The van der Waals surface area contributed by atoms with Crippen molar-refractivity contribution in [1.82, 2.24) is 25.2 Å². The van der Waals surface area contributed by atoms with E-state index in [-0.39, 0.29) is 0 Å². The number of aromatic nitrogens is 5. The fourth-order valence-electron chi connectivity index (χ4n) is 1.62. The van der Waals surface area contributed by atoms with Crippen molar-refractivity contribution in [2.75, 3.05) is 0 Å². The maximum atomic E-state index is 4.38. The Hall–Kier alpha value is -1.43. The number of rotatable bonds is 6. The van der Waals surface area contributed by atoms with Crippen LogP contribution >= 0.6 is 11.8 Å². The van der Waals surface area contributed by atoms with Gasteiger partial charge in [0.15, 0.2) is 5.82 Å². The topological polar surface area (TPSA) is 56.5 Å². The Labute approximate surface area is 111 Å². The van der Waals surface area contributed by atoms with E-state index in [0.717, 1.165) is 36.0 Å². The zero-order valence-corrected chi connectivity index (χ0v) is 11.5. The number of pyridine rings is 1. The molecule has 0 unspecified atom stereocenters. The third-order valence-corrected chi connectivity index (χ3v) is 3.57. The standard InChI is InChI=1S/C12H17N5S/c1-3-7-17-12(14-15-16-17)9-18-8-11-10(2)5-4-6-13-11/h4-6H,3,7-9H2,1-2H3. The zero-order chi connectivity index (χ0) is 12.8. The van der Waals surface area contributed by atoms with Crippen LogP contribution in [0.3, 0.4) is 0 Å². The van der Waals surface area contributed by atoms with Crippen LogP contribution in [0.15, 0.2) is 18.3 Å². The molecule has 0 fully saturated rings. The molecule has 0 saturated carbocycles. The van der Waals surface area contributed by atoms with Crippen LogP contribution in [0.4, 0.5) is 0 Å². The molecule has 5 nitrogen and oxygen atoms in total. The van der Waals surface area contributed by atoms with Crippen molar-refractivity contribution in [2.45, 2.75) is 38.3 Å². The smallest absolute Gasteiger partial charge is 0.161 e. The molecule has 0 atom stereocenters. The maximum absolute atomic E-state index is 4.38. The Morgan fingerprint density at radius 2 is 2.22 bits per heavy atom. The van der Waals surface area contributed by atoms with E-state index in [9.17, 15) is 0 Å². The number of hydrogen-bond donors (Lipinski definition) is 0. The molecule has 0 aliphatic heterocycles. The van der Waals surface area contributed by atoms with Crippen LogP contribution in [0.5, 0.6) is 0 Å². The summed E-state index contributed by atoms with van der Waals surface area (Å²) in [5.41, 5.74) is 2.37. The molecule has 96 valence electrons. The van der Waals surface area contributed by atoms with Crippen molar-refractivity contribution in [3.05, 3.63) is 35.4 Å². The first-order chi connectivity index (χ1) is 8.81. The molecule has 0 saturated heterocycles. The summed E-state index contributed by atoms with van der Waals surface area (Å²) in [5.74, 6) is 2.66. The molecule has 0 spiro atoms. The zero-order valence-electron chi connectivity index (χ0n) is 10.7. The summed E-state index contributed by atoms with van der Waals surface area (Å²) >= 11 is 1.79. The largest absolute Gasteiger partial charge is 0.260 e. The molecule has 0 aliphatic rings. The summed E-state index contributed by atoms with van der Waals surface area (Å²) in [4.78, 5) is 4.38. The number of aryl methyl sites for hydroxylation is 2. The lowest BCUT2D eigenvalue weighted by molar-refractivity contribution is 0.564. The van der Waals surface area contributed by atoms with E-state index in [0.29, 0.717) is 0 Å². The summed E-state index contributed by atoms with van der Waals surface area (Å²) in [6.45, 7) is 5.09. The van der Waals surface area contributed by atoms with Crippen LogP contribution in [-0.4, -0.2) is 25.2 Å². The highest BCUT2D eigenvalue weighted by atomic mass is 32.2. The third-order valence-electron chi connectivity index (χ3n) is 2.63. The van der Waals surface area contributed by atoms with Crippen LogP contribution < -0.4 is 0 Å². The monoisotopic (exact) mass is 263 g/mol. The fraction of sp³-hybridized carbons (Fsp3) is 0.500. The van der Waals surface area contributed by atoms with Crippen molar-refractivity contribution >= 4 is 11.8 Å². The average molecular weight is 263 g/mol. The quantitative estimate of drug-likeness (QED) is 0.800. The van der Waals surface area contributed by atoms with Gasteiger partial charge in [-0.15, -0.1) is 16.9 Å². The minimum Gasteiger partial charge on any atom is -0.260 e. The molecule has 2 aromatic heterocycles. The van der Waals surface area contributed by atoms with Crippen molar-refractivity contribution in [1.29, 1.82) is 0 Å². The molecule has 0 aliphatic carbocycles. The molecule has 0 aromatic carbocycles. The third kappa shape index (κ3) is 3.29. The maximum Gasteiger partial charge on any atom is 0.161 e. The normalized spacial score (nSPS) is 10.8. The van der Waals surface area contributed by atoms with Crippen molar-refractivity contribution in [3.8, 4) is 0 Å². The summed E-state index contributed by atoms with van der Waals surface area (Å²) in [6, 6.07) is 4.05. The molecule has 2 rings (SSSR count). The minimum absolute atomic E-state index is 0.822. The first-order valence-electron chi connectivity index (χ1n) is 6.04. The average Bonchev–Trinajstić information content (AvgIpc) is 2.80. The van der Waals surface area contributed by atoms with Crippen LogP contribution in [-0.2, 0) is 18.1 Å². The van der Waals surface area contributed by atoms with Gasteiger partial charge in [-0.25, -0.2) is 4.68 Å². The van der Waals surface area contributed by atoms with E-state index in [4.69, 9.17) is 0 Å². The van der Waals surface area contributed by atoms with Crippen molar-refractivity contribution < 1.29 is 0 Å². The molecule has 0 N–H and O–H groups in total. The van der Waals surface area contributed by atoms with Crippen LogP contribution in [0.1, 0.15) is 30.4 Å². The van der Waals surface area contributed by atoms with Gasteiger partial charge in [0.1, 0.15) is 0 Å². The van der Waals surface area contributed by atoms with Crippen LogP contribution in [0, 0.1) is 6.92 Å². The molecule has 0 amide bonds. The summed E-state index contributed by atoms with van der Waals surface area (Å²) in [6.07, 6.45) is 2.88. The van der Waals surface area contributed by atoms with E-state index in [1.165, 1.54) is 5.56 Å². The first-order valence-corrected chi connectivity index (χ1v) is 7.20. The van der Waals surface area contributed by atoms with Gasteiger partial charge in [0.25, 0.3) is 0 Å². The van der Waals surface area contributed by atoms with Crippen LogP contribution in [0.25, 0.3) is 0 Å². The Kier molecular flexibility index (Phi) is 4.69. The van der Waals surface area contributed by atoms with Gasteiger partial charge in [0, 0.05) is 18.5 Å². The van der Waals surface area contributed by atoms with Gasteiger partial charge >= 0.3 is 0 Å². The predicted octanol–water partition coefficient (Wildman–Crippen LogP) is 2.22. The fourth-order valence-corrected chi connectivity index (χ4v) is 2.61. The van der Waals surface area contributed by atoms with Crippen molar-refractivity contribution in [2.24, 2.45) is 0 Å². The Balaban J connectivity index is 1.88. The molecule has 0 bridgehead atoms. The van der Waals surface area contributed by atoms with Gasteiger partial charge in [-0.05, 0) is 35.4 Å². The van der Waals surface area contributed by atoms with Gasteiger partial charge in [0.2, 0.25) is 0 Å². The number of tetrazole rings is 1. The van der Waals surface area contributed by atoms with Gasteiger partial charge in [-0.3, -0.25) is 4.98 Å². The van der Waals surface area contributed by atoms with Crippen LogP contribution in [0.2, 0.25) is 0 Å². The molecule has 18 heavy (non-hydrogen) atoms. The lowest BCUT2D eigenvalue weighted by atomic mass is 10.2. The first kappa shape index (κ1) is 13.0.